The number of carbonyl (C=O) groups excluding carboxylic acids is 1. The van der Waals surface area contributed by atoms with Gasteiger partial charge in [0.15, 0.2) is 29.0 Å². The minimum atomic E-state index is -5.36. The Bertz CT molecular complexity index is 895. The molecule has 0 amide bonds. The summed E-state index contributed by atoms with van der Waals surface area (Å²) in [6, 6.07) is -1.86. The predicted octanol–water partition coefficient (Wildman–Crippen LogP) is -7.10. The Morgan fingerprint density at radius 1 is 1.03 bits per heavy atom. The molecule has 0 aromatic carbocycles. The summed E-state index contributed by atoms with van der Waals surface area (Å²) in [6.45, 7) is -0.954. The molecule has 2 saturated heterocycles. The van der Waals surface area contributed by atoms with Gasteiger partial charge in [0.1, 0.15) is 42.7 Å². The number of hydrogen-bond acceptors (Lipinski definition) is 16. The third kappa shape index (κ3) is 6.95. The van der Waals surface area contributed by atoms with Crippen molar-refractivity contribution < 1.29 is 79.4 Å². The van der Waals surface area contributed by atoms with Gasteiger partial charge in [-0.3, -0.25) is 4.55 Å². The summed E-state index contributed by atoms with van der Waals surface area (Å²) in [5.74, 6) is -2.09. The van der Waals surface area contributed by atoms with Gasteiger partial charge in [0.25, 0.3) is 0 Å². The van der Waals surface area contributed by atoms with Gasteiger partial charge in [-0.2, -0.15) is 8.42 Å². The smallest absolute Gasteiger partial charge is 0.397 e. The number of aliphatic carboxylic acids is 1. The lowest BCUT2D eigenvalue weighted by Crippen LogP contribution is -2.68. The second-order valence-corrected chi connectivity index (χ2v) is 9.06. The summed E-state index contributed by atoms with van der Waals surface area (Å²) in [5, 5.41) is 51.3. The molecule has 2 aliphatic rings. The zero-order valence-corrected chi connectivity index (χ0v) is 18.1. The first-order chi connectivity index (χ1) is 15.1. The van der Waals surface area contributed by atoms with Gasteiger partial charge in [0.05, 0.1) is 12.6 Å². The topological polar surface area (TPSA) is 291 Å². The number of carboxylic acid groups (broad SMARTS) is 1. The molecule has 2 aliphatic heterocycles. The van der Waals surface area contributed by atoms with Crippen molar-refractivity contribution in [2.75, 3.05) is 13.7 Å². The molecule has 194 valence electrons. The van der Waals surface area contributed by atoms with Crippen molar-refractivity contribution in [3.05, 3.63) is 0 Å². The van der Waals surface area contributed by atoms with Crippen LogP contribution in [0.1, 0.15) is 0 Å². The van der Waals surface area contributed by atoms with E-state index in [4.69, 9.17) is 23.5 Å². The van der Waals surface area contributed by atoms with E-state index in [0.29, 0.717) is 0 Å². The van der Waals surface area contributed by atoms with Gasteiger partial charge < -0.3 is 53.8 Å². The molecule has 6 N–H and O–H groups in total. The molecule has 0 radical (unpaired) electrons. The Morgan fingerprint density at radius 2 is 1.64 bits per heavy atom. The highest BCUT2D eigenvalue weighted by Crippen LogP contribution is 2.31. The van der Waals surface area contributed by atoms with Crippen molar-refractivity contribution in [2.45, 2.75) is 61.3 Å². The lowest BCUT2D eigenvalue weighted by atomic mass is 9.96. The SMILES string of the molecule is CO[C@H]1O[C@H](CO)[C@@H](O[C@@H]2O[C@@H](C(=O)[O-])[C@@H](O)[C@H](O)[C@H]2OS(=O)(=O)O)[C@H](O)[C@H]1NS(=O)(=O)[O-]. The summed E-state index contributed by atoms with van der Waals surface area (Å²) in [4.78, 5) is 11.2. The number of hydrogen-bond donors (Lipinski definition) is 6. The van der Waals surface area contributed by atoms with Crippen LogP contribution in [0.5, 0.6) is 0 Å². The molecule has 2 rings (SSSR count). The van der Waals surface area contributed by atoms with E-state index >= 15 is 0 Å². The third-order valence-corrected chi connectivity index (χ3v) is 5.69. The Morgan fingerprint density at radius 3 is 2.09 bits per heavy atom. The zero-order chi connectivity index (χ0) is 25.3. The largest absolute Gasteiger partial charge is 0.735 e. The first-order valence-electron chi connectivity index (χ1n) is 8.83. The molecule has 2 heterocycles. The van der Waals surface area contributed by atoms with Gasteiger partial charge in [0.2, 0.25) is 0 Å². The summed E-state index contributed by atoms with van der Waals surface area (Å²) < 4.78 is 90.3. The molecule has 0 spiro atoms. The van der Waals surface area contributed by atoms with Gasteiger partial charge in [-0.15, -0.1) is 0 Å². The summed E-state index contributed by atoms with van der Waals surface area (Å²) in [6.07, 6.45) is -18.9. The third-order valence-electron chi connectivity index (χ3n) is 4.67. The van der Waals surface area contributed by atoms with Crippen LogP contribution in [0.15, 0.2) is 0 Å². The minimum Gasteiger partial charge on any atom is -0.735 e. The van der Waals surface area contributed by atoms with Gasteiger partial charge in [0, 0.05) is 7.11 Å². The van der Waals surface area contributed by atoms with E-state index in [-0.39, 0.29) is 0 Å². The first-order valence-corrected chi connectivity index (χ1v) is 11.6. The molecule has 20 heteroatoms. The van der Waals surface area contributed by atoms with Crippen molar-refractivity contribution in [1.29, 1.82) is 0 Å². The van der Waals surface area contributed by atoms with Crippen LogP contribution in [0, 0.1) is 0 Å². The van der Waals surface area contributed by atoms with Gasteiger partial charge in [-0.1, -0.05) is 0 Å². The van der Waals surface area contributed by atoms with Crippen LogP contribution in [0.2, 0.25) is 0 Å². The van der Waals surface area contributed by atoms with Crippen molar-refractivity contribution in [1.82, 2.24) is 4.72 Å². The van der Waals surface area contributed by atoms with Crippen LogP contribution < -0.4 is 9.83 Å². The van der Waals surface area contributed by atoms with E-state index in [1.165, 1.54) is 4.72 Å². The average Bonchev–Trinajstić information content (AvgIpc) is 2.68. The van der Waals surface area contributed by atoms with Crippen molar-refractivity contribution in [3.63, 3.8) is 0 Å². The molecule has 0 unspecified atom stereocenters. The minimum absolute atomic E-state index is 0.954. The average molecular weight is 527 g/mol. The molecular weight excluding hydrogens is 506 g/mol. The number of methoxy groups -OCH3 is 1. The molecule has 0 aromatic rings. The molecule has 18 nitrogen and oxygen atoms in total. The van der Waals surface area contributed by atoms with E-state index < -0.39 is 94.6 Å². The van der Waals surface area contributed by atoms with Crippen molar-refractivity contribution >= 4 is 26.7 Å². The van der Waals surface area contributed by atoms with Crippen molar-refractivity contribution in [2.24, 2.45) is 0 Å². The molecule has 0 saturated carbocycles. The van der Waals surface area contributed by atoms with E-state index in [2.05, 4.69) is 4.18 Å². The fourth-order valence-corrected chi connectivity index (χ4v) is 4.34. The monoisotopic (exact) mass is 527 g/mol. The maximum atomic E-state index is 11.2. The fourth-order valence-electron chi connectivity index (χ4n) is 3.27. The molecule has 2 fully saturated rings. The van der Waals surface area contributed by atoms with Gasteiger partial charge >= 0.3 is 10.4 Å². The lowest BCUT2D eigenvalue weighted by Gasteiger charge is -2.47. The normalized spacial score (nSPS) is 40.5. The highest BCUT2D eigenvalue weighted by molar-refractivity contribution is 7.83. The molecule has 33 heavy (non-hydrogen) atoms. The van der Waals surface area contributed by atoms with E-state index in [9.17, 15) is 51.7 Å². The number of aliphatic hydroxyl groups is 4. The molecule has 0 bridgehead atoms. The highest BCUT2D eigenvalue weighted by atomic mass is 32.3. The second kappa shape index (κ2) is 10.7. The second-order valence-electron chi connectivity index (χ2n) is 6.86. The van der Waals surface area contributed by atoms with Gasteiger partial charge in [-0.25, -0.2) is 17.3 Å². The standard InChI is InChI=1S/C13H23NO17S2/c1-27-12-4(14-32(21,22)23)5(16)8(3(2-15)28-12)29-13-10(31-33(24,25)26)7(18)6(17)9(30-13)11(19)20/h3-10,12-18H,2H2,1H3,(H,19,20)(H,21,22,23)(H,24,25,26)/p-2/t3-,4-,5-,6+,7+,8-,9-,10-,12+,13-/m1/s1. The first kappa shape index (κ1) is 28.1. The maximum absolute atomic E-state index is 11.2. The lowest BCUT2D eigenvalue weighted by molar-refractivity contribution is -0.363. The van der Waals surface area contributed by atoms with E-state index in [0.717, 1.165) is 7.11 Å². The summed E-state index contributed by atoms with van der Waals surface area (Å²) in [5.41, 5.74) is 0. The van der Waals surface area contributed by atoms with Crippen LogP contribution in [-0.2, 0) is 48.6 Å². The number of rotatable bonds is 9. The Hall–Kier alpha value is -1.11. The number of carboxylic acids is 1. The van der Waals surface area contributed by atoms with Crippen LogP contribution in [0.25, 0.3) is 0 Å². The molecule has 0 aliphatic carbocycles. The predicted molar refractivity (Wildman–Crippen MR) is 92.4 cm³/mol. The number of nitrogens with one attached hydrogen (secondary N) is 1. The molecular formula is C13H21NO17S2-2. The Balaban J connectivity index is 2.40. The fraction of sp³-hybridized carbons (Fsp3) is 0.923. The summed E-state index contributed by atoms with van der Waals surface area (Å²) >= 11 is 0. The number of ether oxygens (including phenoxy) is 4. The van der Waals surface area contributed by atoms with Crippen LogP contribution in [0.3, 0.4) is 0 Å². The quantitative estimate of drug-likeness (QED) is 0.152. The van der Waals surface area contributed by atoms with Crippen LogP contribution in [-0.4, -0.2) is 127 Å². The summed E-state index contributed by atoms with van der Waals surface area (Å²) in [7, 11) is -9.58. The highest BCUT2D eigenvalue weighted by Gasteiger charge is 2.53. The Kier molecular flexibility index (Phi) is 9.08. The van der Waals surface area contributed by atoms with E-state index in [1.807, 2.05) is 0 Å². The maximum Gasteiger partial charge on any atom is 0.397 e. The van der Waals surface area contributed by atoms with E-state index in [1.54, 1.807) is 0 Å². The van der Waals surface area contributed by atoms with Crippen molar-refractivity contribution in [3.8, 4) is 0 Å². The zero-order valence-electron chi connectivity index (χ0n) is 16.4. The number of aliphatic hydroxyl groups excluding tert-OH is 4. The Labute approximate surface area is 186 Å². The van der Waals surface area contributed by atoms with Crippen LogP contribution >= 0.6 is 0 Å². The van der Waals surface area contributed by atoms with Crippen LogP contribution in [0.4, 0.5) is 0 Å². The van der Waals surface area contributed by atoms with Gasteiger partial charge in [-0.05, 0) is 0 Å². The molecule has 10 atom stereocenters. The molecule has 0 aromatic heterocycles. The number of carbonyl (C=O) groups is 1.